The Bertz CT molecular complexity index is 550. The molecule has 0 heterocycles. The first-order valence-electron chi connectivity index (χ1n) is 6.92. The highest BCUT2D eigenvalue weighted by atomic mass is 79.9. The molecule has 1 aliphatic carbocycles. The normalized spacial score (nSPS) is 22.4. The molecular formula is C14H17BrN2O4. The summed E-state index contributed by atoms with van der Waals surface area (Å²) < 4.78 is 0.494. The lowest BCUT2D eigenvalue weighted by atomic mass is 10.1. The molecular weight excluding hydrogens is 340 g/mol. The SMILES string of the molecule is O=C(NC1CCCCCC1O)c1cc([N+](=O)[O-])ccc1Br. The molecule has 1 amide bonds. The molecule has 1 saturated carbocycles. The van der Waals surface area contributed by atoms with Crippen molar-refractivity contribution in [3.8, 4) is 0 Å². The van der Waals surface area contributed by atoms with Crippen LogP contribution in [0.4, 0.5) is 5.69 Å². The maximum absolute atomic E-state index is 12.3. The molecule has 6 nitrogen and oxygen atoms in total. The van der Waals surface area contributed by atoms with Gasteiger partial charge in [0.1, 0.15) is 0 Å². The Balaban J connectivity index is 2.15. The zero-order valence-corrected chi connectivity index (χ0v) is 13.0. The fourth-order valence-electron chi connectivity index (χ4n) is 2.50. The summed E-state index contributed by atoms with van der Waals surface area (Å²) in [4.78, 5) is 22.5. The van der Waals surface area contributed by atoms with Crippen molar-refractivity contribution in [1.82, 2.24) is 5.32 Å². The number of amides is 1. The molecule has 7 heteroatoms. The maximum atomic E-state index is 12.3. The molecule has 114 valence electrons. The van der Waals surface area contributed by atoms with Gasteiger partial charge in [-0.05, 0) is 34.8 Å². The largest absolute Gasteiger partial charge is 0.391 e. The van der Waals surface area contributed by atoms with E-state index in [4.69, 9.17) is 0 Å². The van der Waals surface area contributed by atoms with Crippen LogP contribution < -0.4 is 5.32 Å². The van der Waals surface area contributed by atoms with E-state index in [0.717, 1.165) is 25.7 Å². The number of aliphatic hydroxyl groups is 1. The Kier molecular flexibility index (Phi) is 5.30. The van der Waals surface area contributed by atoms with Crippen LogP contribution in [-0.4, -0.2) is 28.1 Å². The standard InChI is InChI=1S/C14H17BrN2O4/c15-11-7-6-9(17(20)21)8-10(11)14(19)16-12-4-2-1-3-5-13(12)18/h6-8,12-13,18H,1-5H2,(H,16,19). The number of rotatable bonds is 3. The summed E-state index contributed by atoms with van der Waals surface area (Å²) in [5, 5.41) is 23.6. The Morgan fingerprint density at radius 1 is 1.33 bits per heavy atom. The summed E-state index contributed by atoms with van der Waals surface area (Å²) in [5.41, 5.74) is 0.0745. The first kappa shape index (κ1) is 15.9. The number of nitrogens with zero attached hydrogens (tertiary/aromatic N) is 1. The summed E-state index contributed by atoms with van der Waals surface area (Å²) in [5.74, 6) is -0.406. The topological polar surface area (TPSA) is 92.5 Å². The van der Waals surface area contributed by atoms with Gasteiger partial charge in [-0.2, -0.15) is 0 Å². The monoisotopic (exact) mass is 356 g/mol. The van der Waals surface area contributed by atoms with E-state index in [2.05, 4.69) is 21.2 Å². The Morgan fingerprint density at radius 2 is 2.05 bits per heavy atom. The molecule has 1 fully saturated rings. The molecule has 0 spiro atoms. The van der Waals surface area contributed by atoms with E-state index in [0.29, 0.717) is 10.9 Å². The molecule has 0 aromatic heterocycles. The van der Waals surface area contributed by atoms with Gasteiger partial charge in [0, 0.05) is 16.6 Å². The quantitative estimate of drug-likeness (QED) is 0.494. The predicted molar refractivity (Wildman–Crippen MR) is 81.1 cm³/mol. The van der Waals surface area contributed by atoms with E-state index in [-0.39, 0.29) is 17.3 Å². The minimum Gasteiger partial charge on any atom is -0.391 e. The highest BCUT2D eigenvalue weighted by Gasteiger charge is 2.25. The van der Waals surface area contributed by atoms with Crippen molar-refractivity contribution in [2.45, 2.75) is 44.2 Å². The zero-order chi connectivity index (χ0) is 15.4. The molecule has 2 unspecified atom stereocenters. The Hall–Kier alpha value is -1.47. The first-order chi connectivity index (χ1) is 9.99. The summed E-state index contributed by atoms with van der Waals surface area (Å²) in [7, 11) is 0. The van der Waals surface area contributed by atoms with Crippen LogP contribution in [0.3, 0.4) is 0 Å². The molecule has 1 aromatic carbocycles. The third kappa shape index (κ3) is 4.01. The van der Waals surface area contributed by atoms with Gasteiger partial charge in [0.15, 0.2) is 0 Å². The maximum Gasteiger partial charge on any atom is 0.270 e. The van der Waals surface area contributed by atoms with Crippen LogP contribution >= 0.6 is 15.9 Å². The average molecular weight is 357 g/mol. The number of halogens is 1. The van der Waals surface area contributed by atoms with Crippen molar-refractivity contribution in [1.29, 1.82) is 0 Å². The van der Waals surface area contributed by atoms with E-state index < -0.39 is 16.9 Å². The first-order valence-corrected chi connectivity index (χ1v) is 7.71. The Morgan fingerprint density at radius 3 is 2.76 bits per heavy atom. The number of aliphatic hydroxyl groups excluding tert-OH is 1. The summed E-state index contributed by atoms with van der Waals surface area (Å²) in [6.07, 6.45) is 3.78. The molecule has 2 atom stereocenters. The van der Waals surface area contributed by atoms with Crippen LogP contribution in [0.25, 0.3) is 0 Å². The van der Waals surface area contributed by atoms with Crippen molar-refractivity contribution < 1.29 is 14.8 Å². The zero-order valence-electron chi connectivity index (χ0n) is 11.4. The number of nitro groups is 1. The number of non-ortho nitro benzene ring substituents is 1. The second-order valence-electron chi connectivity index (χ2n) is 5.21. The number of benzene rings is 1. The predicted octanol–water partition coefficient (Wildman–Crippen LogP) is 2.78. The number of carbonyl (C=O) groups is 1. The Labute approximate surface area is 130 Å². The highest BCUT2D eigenvalue weighted by Crippen LogP contribution is 2.24. The van der Waals surface area contributed by atoms with Gasteiger partial charge in [-0.3, -0.25) is 14.9 Å². The van der Waals surface area contributed by atoms with Crippen molar-refractivity contribution in [3.63, 3.8) is 0 Å². The number of carbonyl (C=O) groups excluding carboxylic acids is 1. The molecule has 0 aliphatic heterocycles. The van der Waals surface area contributed by atoms with Crippen molar-refractivity contribution in [2.24, 2.45) is 0 Å². The lowest BCUT2D eigenvalue weighted by Crippen LogP contribution is -2.42. The number of hydrogen-bond acceptors (Lipinski definition) is 4. The van der Waals surface area contributed by atoms with Gasteiger partial charge in [0.05, 0.1) is 22.6 Å². The lowest BCUT2D eigenvalue weighted by molar-refractivity contribution is -0.384. The number of hydrogen-bond donors (Lipinski definition) is 2. The third-order valence-corrected chi connectivity index (χ3v) is 4.39. The summed E-state index contributed by atoms with van der Waals surface area (Å²) in [6.45, 7) is 0. The van der Waals surface area contributed by atoms with Crippen LogP contribution in [-0.2, 0) is 0 Å². The van der Waals surface area contributed by atoms with E-state index in [9.17, 15) is 20.0 Å². The molecule has 0 saturated heterocycles. The van der Waals surface area contributed by atoms with Crippen molar-refractivity contribution in [3.05, 3.63) is 38.3 Å². The van der Waals surface area contributed by atoms with E-state index >= 15 is 0 Å². The summed E-state index contributed by atoms with van der Waals surface area (Å²) in [6, 6.07) is 3.76. The van der Waals surface area contributed by atoms with Crippen LogP contribution in [0.1, 0.15) is 42.5 Å². The van der Waals surface area contributed by atoms with Gasteiger partial charge in [0.25, 0.3) is 11.6 Å². The second kappa shape index (κ2) is 7.00. The van der Waals surface area contributed by atoms with Gasteiger partial charge in [-0.1, -0.05) is 19.3 Å². The molecule has 1 aliphatic rings. The molecule has 0 radical (unpaired) electrons. The van der Waals surface area contributed by atoms with E-state index in [1.807, 2.05) is 0 Å². The fraction of sp³-hybridized carbons (Fsp3) is 0.500. The molecule has 0 bridgehead atoms. The minimum atomic E-state index is -0.561. The van der Waals surface area contributed by atoms with Gasteiger partial charge in [-0.15, -0.1) is 0 Å². The van der Waals surface area contributed by atoms with Crippen molar-refractivity contribution >= 4 is 27.5 Å². The average Bonchev–Trinajstić information content (AvgIpc) is 2.64. The lowest BCUT2D eigenvalue weighted by Gasteiger charge is -2.22. The van der Waals surface area contributed by atoms with Crippen molar-refractivity contribution in [2.75, 3.05) is 0 Å². The number of nitro benzene ring substituents is 1. The molecule has 2 rings (SSSR count). The van der Waals surface area contributed by atoms with E-state index in [1.165, 1.54) is 18.2 Å². The third-order valence-electron chi connectivity index (χ3n) is 3.70. The van der Waals surface area contributed by atoms with Gasteiger partial charge >= 0.3 is 0 Å². The van der Waals surface area contributed by atoms with Gasteiger partial charge < -0.3 is 10.4 Å². The van der Waals surface area contributed by atoms with E-state index in [1.54, 1.807) is 0 Å². The van der Waals surface area contributed by atoms with Crippen LogP contribution in [0.15, 0.2) is 22.7 Å². The smallest absolute Gasteiger partial charge is 0.270 e. The molecule has 21 heavy (non-hydrogen) atoms. The van der Waals surface area contributed by atoms with Crippen LogP contribution in [0, 0.1) is 10.1 Å². The number of nitrogens with one attached hydrogen (secondary N) is 1. The van der Waals surface area contributed by atoms with Crippen LogP contribution in [0.2, 0.25) is 0 Å². The second-order valence-corrected chi connectivity index (χ2v) is 6.06. The summed E-state index contributed by atoms with van der Waals surface area (Å²) >= 11 is 3.23. The van der Waals surface area contributed by atoms with Gasteiger partial charge in [0.2, 0.25) is 0 Å². The van der Waals surface area contributed by atoms with Gasteiger partial charge in [-0.25, -0.2) is 0 Å². The van der Waals surface area contributed by atoms with Crippen LogP contribution in [0.5, 0.6) is 0 Å². The minimum absolute atomic E-state index is 0.134. The highest BCUT2D eigenvalue weighted by molar-refractivity contribution is 9.10. The fourth-order valence-corrected chi connectivity index (χ4v) is 2.93. The molecule has 1 aromatic rings. The molecule has 2 N–H and O–H groups in total.